The van der Waals surface area contributed by atoms with Crippen molar-refractivity contribution < 1.29 is 17.6 Å². The first-order chi connectivity index (χ1) is 7.80. The molecule has 0 fully saturated rings. The first-order valence-corrected chi connectivity index (χ1v) is 5.17. The smallest absolute Gasteiger partial charge is 0.383 e. The number of hydrogen-bond acceptors (Lipinski definition) is 2. The molecule has 0 aromatic heterocycles. The average molecular weight is 250 g/mol. The molecule has 1 unspecified atom stereocenters. The van der Waals surface area contributed by atoms with Crippen molar-refractivity contribution in [1.29, 1.82) is 0 Å². The number of anilines is 1. The van der Waals surface area contributed by atoms with Crippen LogP contribution in [0.2, 0.25) is 0 Å². The molecule has 1 aromatic rings. The highest BCUT2D eigenvalue weighted by atomic mass is 19.4. The maximum atomic E-state index is 13.3. The lowest BCUT2D eigenvalue weighted by Crippen LogP contribution is -2.19. The molecule has 0 bridgehead atoms. The summed E-state index contributed by atoms with van der Waals surface area (Å²) in [5.41, 5.74) is 4.55. The average Bonchev–Trinajstić information content (AvgIpc) is 2.18. The van der Waals surface area contributed by atoms with Gasteiger partial charge >= 0.3 is 6.18 Å². The van der Waals surface area contributed by atoms with Crippen molar-refractivity contribution in [3.8, 4) is 0 Å². The van der Waals surface area contributed by atoms with Crippen LogP contribution in [-0.2, 0) is 6.18 Å². The summed E-state index contributed by atoms with van der Waals surface area (Å²) < 4.78 is 50.1. The van der Waals surface area contributed by atoms with E-state index in [-0.39, 0.29) is 11.7 Å². The molecule has 1 atom stereocenters. The highest BCUT2D eigenvalue weighted by molar-refractivity contribution is 5.46. The second kappa shape index (κ2) is 5.35. The zero-order valence-electron chi connectivity index (χ0n) is 9.31. The Balaban J connectivity index is 2.70. The van der Waals surface area contributed by atoms with Gasteiger partial charge in [0.15, 0.2) is 0 Å². The molecule has 1 rings (SSSR count). The second-order valence-electron chi connectivity index (χ2n) is 3.89. The number of nitrogens with one attached hydrogen (secondary N) is 1. The Kier molecular flexibility index (Phi) is 4.34. The minimum Gasteiger partial charge on any atom is -0.383 e. The highest BCUT2D eigenvalue weighted by Crippen LogP contribution is 2.31. The number of benzene rings is 1. The third-order valence-electron chi connectivity index (χ3n) is 2.21. The molecular formula is C11H14F4N2. The minimum absolute atomic E-state index is 0.0417. The van der Waals surface area contributed by atoms with Gasteiger partial charge in [0.05, 0.1) is 11.3 Å². The van der Waals surface area contributed by atoms with Crippen LogP contribution in [0.15, 0.2) is 18.2 Å². The van der Waals surface area contributed by atoms with E-state index in [4.69, 9.17) is 5.73 Å². The first-order valence-electron chi connectivity index (χ1n) is 5.17. The molecule has 0 amide bonds. The Morgan fingerprint density at radius 3 is 2.47 bits per heavy atom. The van der Waals surface area contributed by atoms with Crippen molar-refractivity contribution in [2.75, 3.05) is 11.9 Å². The van der Waals surface area contributed by atoms with E-state index >= 15 is 0 Å². The van der Waals surface area contributed by atoms with Crippen LogP contribution in [-0.4, -0.2) is 12.6 Å². The summed E-state index contributed by atoms with van der Waals surface area (Å²) in [4.78, 5) is 0. The molecule has 0 heterocycles. The predicted octanol–water partition coefficient (Wildman–Crippen LogP) is 2.99. The fourth-order valence-electron chi connectivity index (χ4n) is 1.27. The van der Waals surface area contributed by atoms with Gasteiger partial charge < -0.3 is 11.1 Å². The van der Waals surface area contributed by atoms with Crippen LogP contribution in [0.4, 0.5) is 23.2 Å². The third-order valence-corrected chi connectivity index (χ3v) is 2.21. The lowest BCUT2D eigenvalue weighted by Gasteiger charge is -2.11. The van der Waals surface area contributed by atoms with Crippen LogP contribution in [0.25, 0.3) is 0 Å². The Labute approximate surface area is 96.8 Å². The Bertz CT molecular complexity index is 374. The van der Waals surface area contributed by atoms with Crippen molar-refractivity contribution in [3.05, 3.63) is 29.6 Å². The Hall–Kier alpha value is -1.30. The van der Waals surface area contributed by atoms with Gasteiger partial charge in [-0.05, 0) is 31.5 Å². The largest absolute Gasteiger partial charge is 0.416 e. The van der Waals surface area contributed by atoms with E-state index in [2.05, 4.69) is 5.32 Å². The molecule has 0 aliphatic carbocycles. The van der Waals surface area contributed by atoms with Crippen LogP contribution >= 0.6 is 0 Å². The van der Waals surface area contributed by atoms with Gasteiger partial charge in [-0.15, -0.1) is 0 Å². The molecule has 17 heavy (non-hydrogen) atoms. The van der Waals surface area contributed by atoms with Gasteiger partial charge in [0.2, 0.25) is 0 Å². The summed E-state index contributed by atoms with van der Waals surface area (Å²) >= 11 is 0. The van der Waals surface area contributed by atoms with Gasteiger partial charge in [0.25, 0.3) is 0 Å². The quantitative estimate of drug-likeness (QED) is 0.806. The summed E-state index contributed by atoms with van der Waals surface area (Å²) in [6.45, 7) is 2.21. The van der Waals surface area contributed by atoms with Gasteiger partial charge in [0, 0.05) is 12.6 Å². The lowest BCUT2D eigenvalue weighted by molar-refractivity contribution is -0.137. The molecule has 2 nitrogen and oxygen atoms in total. The summed E-state index contributed by atoms with van der Waals surface area (Å²) in [7, 11) is 0. The molecular weight excluding hydrogens is 236 g/mol. The zero-order chi connectivity index (χ0) is 13.1. The first kappa shape index (κ1) is 13.8. The maximum absolute atomic E-state index is 13.3. The maximum Gasteiger partial charge on any atom is 0.416 e. The molecule has 0 aliphatic rings. The fourth-order valence-corrected chi connectivity index (χ4v) is 1.27. The van der Waals surface area contributed by atoms with Crippen molar-refractivity contribution in [2.24, 2.45) is 5.73 Å². The molecule has 0 radical (unpaired) electrons. The van der Waals surface area contributed by atoms with Crippen LogP contribution < -0.4 is 11.1 Å². The Morgan fingerprint density at radius 1 is 1.35 bits per heavy atom. The number of nitrogens with two attached hydrogens (primary N) is 1. The summed E-state index contributed by atoms with van der Waals surface area (Å²) in [6.07, 6.45) is -3.91. The van der Waals surface area contributed by atoms with Crippen LogP contribution in [0, 0.1) is 5.82 Å². The lowest BCUT2D eigenvalue weighted by atomic mass is 10.2. The monoisotopic (exact) mass is 250 g/mol. The van der Waals surface area contributed by atoms with E-state index in [0.717, 1.165) is 12.1 Å². The van der Waals surface area contributed by atoms with E-state index in [9.17, 15) is 17.6 Å². The standard InChI is InChI=1S/C11H14F4N2/c1-7(16)4-5-17-10-3-2-8(6-9(10)12)11(13,14)15/h2-3,6-7,17H,4-5,16H2,1H3. The number of hydrogen-bond donors (Lipinski definition) is 2. The van der Waals surface area contributed by atoms with Crippen molar-refractivity contribution >= 4 is 5.69 Å². The fraction of sp³-hybridized carbons (Fsp3) is 0.455. The second-order valence-corrected chi connectivity index (χ2v) is 3.89. The van der Waals surface area contributed by atoms with Crippen molar-refractivity contribution in [1.82, 2.24) is 0 Å². The normalized spacial score (nSPS) is 13.5. The van der Waals surface area contributed by atoms with Gasteiger partial charge in [-0.25, -0.2) is 4.39 Å². The Morgan fingerprint density at radius 2 is 2.00 bits per heavy atom. The van der Waals surface area contributed by atoms with Gasteiger partial charge in [-0.2, -0.15) is 13.2 Å². The third kappa shape index (κ3) is 4.22. The predicted molar refractivity (Wildman–Crippen MR) is 58.2 cm³/mol. The summed E-state index contributed by atoms with van der Waals surface area (Å²) in [5, 5.41) is 2.70. The number of rotatable bonds is 4. The van der Waals surface area contributed by atoms with E-state index in [1.54, 1.807) is 6.92 Å². The summed E-state index contributed by atoms with van der Waals surface area (Å²) in [6, 6.07) is 2.37. The van der Waals surface area contributed by atoms with Crippen LogP contribution in [0.3, 0.4) is 0 Å². The zero-order valence-corrected chi connectivity index (χ0v) is 9.31. The summed E-state index contributed by atoms with van der Waals surface area (Å²) in [5.74, 6) is -0.913. The number of alkyl halides is 3. The molecule has 0 saturated heterocycles. The number of halogens is 4. The molecule has 96 valence electrons. The van der Waals surface area contributed by atoms with E-state index in [1.165, 1.54) is 0 Å². The van der Waals surface area contributed by atoms with E-state index in [0.29, 0.717) is 19.0 Å². The minimum atomic E-state index is -4.52. The highest BCUT2D eigenvalue weighted by Gasteiger charge is 2.31. The van der Waals surface area contributed by atoms with Crippen molar-refractivity contribution in [3.63, 3.8) is 0 Å². The molecule has 0 aliphatic heterocycles. The molecule has 1 aromatic carbocycles. The van der Waals surface area contributed by atoms with Crippen molar-refractivity contribution in [2.45, 2.75) is 25.6 Å². The van der Waals surface area contributed by atoms with Gasteiger partial charge in [-0.1, -0.05) is 0 Å². The van der Waals surface area contributed by atoms with Gasteiger partial charge in [-0.3, -0.25) is 0 Å². The topological polar surface area (TPSA) is 38.0 Å². The van der Waals surface area contributed by atoms with E-state index in [1.807, 2.05) is 0 Å². The SMILES string of the molecule is CC(N)CCNc1ccc(C(F)(F)F)cc1F. The molecule has 6 heteroatoms. The van der Waals surface area contributed by atoms with E-state index < -0.39 is 17.6 Å². The van der Waals surface area contributed by atoms with Crippen LogP contribution in [0.5, 0.6) is 0 Å². The molecule has 3 N–H and O–H groups in total. The van der Waals surface area contributed by atoms with Gasteiger partial charge in [0.1, 0.15) is 5.82 Å². The van der Waals surface area contributed by atoms with Crippen LogP contribution in [0.1, 0.15) is 18.9 Å². The molecule has 0 spiro atoms. The molecule has 0 saturated carbocycles.